The summed E-state index contributed by atoms with van der Waals surface area (Å²) in [7, 11) is 1.92. The van der Waals surface area contributed by atoms with Gasteiger partial charge in [-0.25, -0.2) is 0 Å². The number of rotatable bonds is 3. The van der Waals surface area contributed by atoms with Crippen LogP contribution in [0.3, 0.4) is 0 Å². The van der Waals surface area contributed by atoms with E-state index in [1.807, 2.05) is 42.3 Å². The van der Waals surface area contributed by atoms with Gasteiger partial charge in [-0.05, 0) is 30.5 Å². The van der Waals surface area contributed by atoms with E-state index in [-0.39, 0.29) is 5.91 Å². The Bertz CT molecular complexity index is 464. The quantitative estimate of drug-likeness (QED) is 0.762. The summed E-state index contributed by atoms with van der Waals surface area (Å²) in [6, 6.07) is 8.34. The minimum absolute atomic E-state index is 0.0997. The van der Waals surface area contributed by atoms with Crippen LogP contribution in [-0.2, 0) is 4.79 Å². The lowest BCUT2D eigenvalue weighted by Gasteiger charge is -2.30. The second-order valence-corrected chi connectivity index (χ2v) is 5.95. The van der Waals surface area contributed by atoms with Crippen molar-refractivity contribution in [2.45, 2.75) is 38.1 Å². The van der Waals surface area contributed by atoms with Gasteiger partial charge in [0.1, 0.15) is 0 Å². The molecular formula is C16H20BrNO. The molecule has 1 aromatic rings. The molecule has 1 aromatic carbocycles. The Morgan fingerprint density at radius 2 is 1.95 bits per heavy atom. The van der Waals surface area contributed by atoms with E-state index in [2.05, 4.69) is 15.9 Å². The van der Waals surface area contributed by atoms with Crippen LogP contribution in [0.2, 0.25) is 0 Å². The molecule has 0 atom stereocenters. The largest absolute Gasteiger partial charge is 0.339 e. The molecule has 0 bridgehead atoms. The van der Waals surface area contributed by atoms with Crippen LogP contribution in [0.4, 0.5) is 0 Å². The summed E-state index contributed by atoms with van der Waals surface area (Å²) in [5, 5.41) is 0. The Morgan fingerprint density at radius 1 is 1.26 bits per heavy atom. The van der Waals surface area contributed by atoms with Gasteiger partial charge >= 0.3 is 0 Å². The Morgan fingerprint density at radius 3 is 2.63 bits per heavy atom. The zero-order chi connectivity index (χ0) is 13.7. The predicted molar refractivity (Wildman–Crippen MR) is 82.8 cm³/mol. The van der Waals surface area contributed by atoms with Crippen LogP contribution < -0.4 is 0 Å². The lowest BCUT2D eigenvalue weighted by molar-refractivity contribution is -0.127. The predicted octanol–water partition coefficient (Wildman–Crippen LogP) is 4.25. The number of amides is 1. The molecule has 0 aliphatic heterocycles. The molecule has 102 valence electrons. The third-order valence-corrected chi connectivity index (χ3v) is 4.50. The van der Waals surface area contributed by atoms with E-state index >= 15 is 0 Å². The smallest absolute Gasteiger partial charge is 0.246 e. The Hall–Kier alpha value is -1.09. The van der Waals surface area contributed by atoms with Gasteiger partial charge in [-0.15, -0.1) is 0 Å². The number of hydrogen-bond acceptors (Lipinski definition) is 1. The van der Waals surface area contributed by atoms with Crippen LogP contribution in [0.25, 0.3) is 6.08 Å². The second-order valence-electron chi connectivity index (χ2n) is 5.10. The number of carbonyl (C=O) groups excluding carboxylic acids is 1. The van der Waals surface area contributed by atoms with Crippen LogP contribution in [0.1, 0.15) is 37.7 Å². The van der Waals surface area contributed by atoms with Gasteiger partial charge in [0.2, 0.25) is 5.91 Å². The third kappa shape index (κ3) is 3.93. The van der Waals surface area contributed by atoms with Crippen molar-refractivity contribution in [2.24, 2.45) is 0 Å². The number of benzene rings is 1. The molecule has 1 fully saturated rings. The molecule has 0 N–H and O–H groups in total. The van der Waals surface area contributed by atoms with Gasteiger partial charge in [-0.1, -0.05) is 53.4 Å². The van der Waals surface area contributed by atoms with Crippen LogP contribution >= 0.6 is 15.9 Å². The average molecular weight is 322 g/mol. The summed E-state index contributed by atoms with van der Waals surface area (Å²) in [4.78, 5) is 14.0. The number of halogens is 1. The van der Waals surface area contributed by atoms with Crippen LogP contribution in [0, 0.1) is 0 Å². The molecule has 3 heteroatoms. The van der Waals surface area contributed by atoms with Crippen molar-refractivity contribution in [1.29, 1.82) is 0 Å². The van der Waals surface area contributed by atoms with Crippen LogP contribution in [0.15, 0.2) is 34.8 Å². The highest BCUT2D eigenvalue weighted by Crippen LogP contribution is 2.22. The SMILES string of the molecule is CN(C(=O)/C=C/c1ccccc1Br)C1CCCCC1. The molecule has 1 amide bonds. The molecule has 0 heterocycles. The molecule has 1 aliphatic rings. The number of carbonyl (C=O) groups is 1. The fourth-order valence-corrected chi connectivity index (χ4v) is 2.95. The average Bonchev–Trinajstić information content (AvgIpc) is 2.46. The molecular weight excluding hydrogens is 302 g/mol. The standard InChI is InChI=1S/C16H20BrNO/c1-18(14-8-3-2-4-9-14)16(19)12-11-13-7-5-6-10-15(13)17/h5-7,10-12,14H,2-4,8-9H2,1H3/b12-11+. The van der Waals surface area contributed by atoms with E-state index in [0.717, 1.165) is 22.9 Å². The van der Waals surface area contributed by atoms with E-state index in [9.17, 15) is 4.79 Å². The molecule has 0 unspecified atom stereocenters. The van der Waals surface area contributed by atoms with Crippen molar-refractivity contribution in [3.8, 4) is 0 Å². The summed E-state index contributed by atoms with van der Waals surface area (Å²) in [6.07, 6.45) is 9.65. The van der Waals surface area contributed by atoms with Crippen LogP contribution in [-0.4, -0.2) is 23.9 Å². The Labute approximate surface area is 123 Å². The first-order valence-electron chi connectivity index (χ1n) is 6.88. The molecule has 0 radical (unpaired) electrons. The first-order valence-corrected chi connectivity index (χ1v) is 7.67. The summed E-state index contributed by atoms with van der Waals surface area (Å²) in [5.74, 6) is 0.0997. The van der Waals surface area contributed by atoms with Crippen molar-refractivity contribution in [2.75, 3.05) is 7.05 Å². The second kappa shape index (κ2) is 6.90. The molecule has 19 heavy (non-hydrogen) atoms. The molecule has 0 spiro atoms. The maximum atomic E-state index is 12.2. The minimum Gasteiger partial charge on any atom is -0.339 e. The highest BCUT2D eigenvalue weighted by molar-refractivity contribution is 9.10. The first kappa shape index (κ1) is 14.3. The van der Waals surface area contributed by atoms with Gasteiger partial charge in [0.25, 0.3) is 0 Å². The van der Waals surface area contributed by atoms with E-state index in [0.29, 0.717) is 6.04 Å². The van der Waals surface area contributed by atoms with Crippen molar-refractivity contribution >= 4 is 27.9 Å². The van der Waals surface area contributed by atoms with E-state index in [1.54, 1.807) is 6.08 Å². The van der Waals surface area contributed by atoms with Crippen molar-refractivity contribution < 1.29 is 4.79 Å². The maximum absolute atomic E-state index is 12.2. The number of hydrogen-bond donors (Lipinski definition) is 0. The highest BCUT2D eigenvalue weighted by Gasteiger charge is 2.20. The van der Waals surface area contributed by atoms with Crippen molar-refractivity contribution in [3.05, 3.63) is 40.4 Å². The zero-order valence-electron chi connectivity index (χ0n) is 11.3. The molecule has 0 saturated heterocycles. The summed E-state index contributed by atoms with van der Waals surface area (Å²) in [6.45, 7) is 0. The summed E-state index contributed by atoms with van der Waals surface area (Å²) >= 11 is 3.48. The maximum Gasteiger partial charge on any atom is 0.246 e. The van der Waals surface area contributed by atoms with Crippen LogP contribution in [0.5, 0.6) is 0 Å². The van der Waals surface area contributed by atoms with Gasteiger partial charge in [0.05, 0.1) is 0 Å². The normalized spacial score (nSPS) is 16.7. The molecule has 2 nitrogen and oxygen atoms in total. The minimum atomic E-state index is 0.0997. The monoisotopic (exact) mass is 321 g/mol. The van der Waals surface area contributed by atoms with E-state index in [1.165, 1.54) is 19.3 Å². The fourth-order valence-electron chi connectivity index (χ4n) is 2.54. The van der Waals surface area contributed by atoms with Gasteiger partial charge in [0.15, 0.2) is 0 Å². The van der Waals surface area contributed by atoms with Gasteiger partial charge < -0.3 is 4.90 Å². The molecule has 0 aromatic heterocycles. The summed E-state index contributed by atoms with van der Waals surface area (Å²) in [5.41, 5.74) is 1.04. The lowest BCUT2D eigenvalue weighted by atomic mass is 9.94. The lowest BCUT2D eigenvalue weighted by Crippen LogP contribution is -2.37. The summed E-state index contributed by atoms with van der Waals surface area (Å²) < 4.78 is 1.01. The fraction of sp³-hybridized carbons (Fsp3) is 0.438. The van der Waals surface area contributed by atoms with Crippen molar-refractivity contribution in [1.82, 2.24) is 4.90 Å². The van der Waals surface area contributed by atoms with Gasteiger partial charge in [-0.2, -0.15) is 0 Å². The van der Waals surface area contributed by atoms with Crippen molar-refractivity contribution in [3.63, 3.8) is 0 Å². The zero-order valence-corrected chi connectivity index (χ0v) is 12.9. The van der Waals surface area contributed by atoms with Gasteiger partial charge in [-0.3, -0.25) is 4.79 Å². The number of likely N-dealkylation sites (N-methyl/N-ethyl adjacent to an activating group) is 1. The molecule has 2 rings (SSSR count). The van der Waals surface area contributed by atoms with E-state index < -0.39 is 0 Å². The highest BCUT2D eigenvalue weighted by atomic mass is 79.9. The third-order valence-electron chi connectivity index (χ3n) is 3.78. The topological polar surface area (TPSA) is 20.3 Å². The Balaban J connectivity index is 1.98. The molecule has 1 aliphatic carbocycles. The first-order chi connectivity index (χ1) is 9.18. The van der Waals surface area contributed by atoms with E-state index in [4.69, 9.17) is 0 Å². The Kier molecular flexibility index (Phi) is 5.20. The number of nitrogens with zero attached hydrogens (tertiary/aromatic N) is 1. The molecule has 1 saturated carbocycles. The van der Waals surface area contributed by atoms with Gasteiger partial charge in [0, 0.05) is 23.6 Å².